The third-order valence-corrected chi connectivity index (χ3v) is 18.3. The Bertz CT molecular complexity index is 1240. The van der Waals surface area contributed by atoms with E-state index in [0.29, 0.717) is 37.3 Å². The van der Waals surface area contributed by atoms with Crippen LogP contribution in [0.1, 0.15) is 388 Å². The Hall–Kier alpha value is -1.84. The van der Waals surface area contributed by atoms with Crippen LogP contribution in [0.5, 0.6) is 0 Å². The highest BCUT2D eigenvalue weighted by molar-refractivity contribution is 5.76. The van der Waals surface area contributed by atoms with Gasteiger partial charge < -0.3 is 33.6 Å². The first-order valence-corrected chi connectivity index (χ1v) is 38.1. The summed E-state index contributed by atoms with van der Waals surface area (Å²) in [5.74, 6) is 2.28. The van der Waals surface area contributed by atoms with Crippen LogP contribution in [0.15, 0.2) is 0 Å². The van der Waals surface area contributed by atoms with Crippen LogP contribution < -0.4 is 0 Å². The highest BCUT2D eigenvalue weighted by Gasteiger charge is 2.23. The summed E-state index contributed by atoms with van der Waals surface area (Å²) in [7, 11) is 4.32. The Labute approximate surface area is 538 Å². The van der Waals surface area contributed by atoms with Gasteiger partial charge in [0.05, 0.1) is 6.61 Å². The van der Waals surface area contributed by atoms with Gasteiger partial charge >= 0.3 is 5.97 Å². The molecule has 0 aromatic carbocycles. The Balaban J connectivity index is -0.0000168. The molecule has 0 aliphatic rings. The van der Waals surface area contributed by atoms with E-state index < -0.39 is 0 Å². The number of hydrogen-bond donors (Lipinski definition) is 0. The molecular weight excluding hydrogens is 1060 g/mol. The summed E-state index contributed by atoms with van der Waals surface area (Å²) in [6.45, 7) is 23.8. The van der Waals surface area contributed by atoms with Crippen LogP contribution in [0.4, 0.5) is 0 Å². The molecule has 3 atom stereocenters. The van der Waals surface area contributed by atoms with Crippen LogP contribution in [-0.2, 0) is 33.4 Å². The molecule has 0 heterocycles. The Morgan fingerprint density at radius 3 is 1.00 bits per heavy atom. The molecule has 0 fully saturated rings. The fraction of sp³-hybridized carbons (Fsp3) is 0.948. The van der Waals surface area contributed by atoms with E-state index in [4.69, 9.17) is 23.8 Å². The second kappa shape index (κ2) is 75.6. The van der Waals surface area contributed by atoms with Gasteiger partial charge in [0.15, 0.2) is 0 Å². The van der Waals surface area contributed by atoms with Crippen LogP contribution in [0.25, 0.3) is 0 Å². The van der Waals surface area contributed by atoms with E-state index in [-0.39, 0.29) is 5.97 Å². The first-order valence-electron chi connectivity index (χ1n) is 38.1. The maximum absolute atomic E-state index is 14.3. The normalized spacial score (nSPS) is 12.8. The molecule has 0 aromatic heterocycles. The second-order valence-electron chi connectivity index (χ2n) is 26.7. The third kappa shape index (κ3) is 65.1. The molecule has 0 spiro atoms. The minimum Gasteiger partial charge on any atom is -0.465 e. The molecule has 514 valence electrons. The lowest BCUT2D eigenvalue weighted by atomic mass is 9.94. The van der Waals surface area contributed by atoms with Crippen molar-refractivity contribution in [3.05, 3.63) is 0 Å². The molecule has 0 saturated carbocycles. The Morgan fingerprint density at radius 2 is 0.640 bits per heavy atom. The molecule has 1 amide bonds. The molecule has 0 N–H and O–H groups in total. The van der Waals surface area contributed by atoms with E-state index in [0.717, 1.165) is 128 Å². The summed E-state index contributed by atoms with van der Waals surface area (Å²) in [6.07, 6.45) is 67.8. The molecule has 86 heavy (non-hydrogen) atoms. The highest BCUT2D eigenvalue weighted by Crippen LogP contribution is 2.25. The lowest BCUT2D eigenvalue weighted by molar-refractivity contribution is -0.145. The van der Waals surface area contributed by atoms with E-state index in [1.54, 1.807) is 0 Å². The molecular formula is C77H154N2O7. The van der Waals surface area contributed by atoms with E-state index in [2.05, 4.69) is 65.4 Å². The molecule has 0 rings (SSSR count). The maximum atomic E-state index is 14.3. The fourth-order valence-corrected chi connectivity index (χ4v) is 12.5. The molecule has 9 heteroatoms. The van der Waals surface area contributed by atoms with Crippen molar-refractivity contribution in [3.63, 3.8) is 0 Å². The molecule has 0 aliphatic heterocycles. The van der Waals surface area contributed by atoms with Gasteiger partial charge in [-0.1, -0.05) is 298 Å². The van der Waals surface area contributed by atoms with Crippen molar-refractivity contribution >= 4 is 25.5 Å². The van der Waals surface area contributed by atoms with Crippen LogP contribution in [0, 0.1) is 17.8 Å². The smallest absolute Gasteiger partial charge is 0.305 e. The summed E-state index contributed by atoms with van der Waals surface area (Å²) in [4.78, 5) is 47.5. The number of carbonyl (C=O) groups is 4. The minimum atomic E-state index is -0.0372. The number of hydrogen-bond acceptors (Lipinski definition) is 8. The molecule has 0 radical (unpaired) electrons. The number of rotatable bonds is 69. The molecule has 3 unspecified atom stereocenters. The van der Waals surface area contributed by atoms with Gasteiger partial charge in [-0.05, 0) is 115 Å². The fourth-order valence-electron chi connectivity index (χ4n) is 12.5. The summed E-state index contributed by atoms with van der Waals surface area (Å²) < 4.78 is 18.6. The number of carbonyl (C=O) groups excluding carboxylic acids is 4. The first-order chi connectivity index (χ1) is 42.3. The van der Waals surface area contributed by atoms with Crippen molar-refractivity contribution in [3.8, 4) is 0 Å². The van der Waals surface area contributed by atoms with Crippen LogP contribution in [-0.4, -0.2) is 102 Å². The van der Waals surface area contributed by atoms with Gasteiger partial charge in [0.1, 0.15) is 13.6 Å². The minimum absolute atomic E-state index is 0.0372. The summed E-state index contributed by atoms with van der Waals surface area (Å²) in [6, 6.07) is 0.320. The van der Waals surface area contributed by atoms with Crippen LogP contribution in [0.2, 0.25) is 0 Å². The zero-order valence-corrected chi connectivity index (χ0v) is 59.6. The Morgan fingerprint density at radius 1 is 0.326 bits per heavy atom. The van der Waals surface area contributed by atoms with Crippen molar-refractivity contribution in [2.24, 2.45) is 17.8 Å². The largest absolute Gasteiger partial charge is 0.465 e. The molecule has 0 aliphatic carbocycles. The highest BCUT2D eigenvalue weighted by atomic mass is 16.5. The van der Waals surface area contributed by atoms with Crippen molar-refractivity contribution in [1.82, 2.24) is 9.80 Å². The van der Waals surface area contributed by atoms with Gasteiger partial charge in [-0.25, -0.2) is 0 Å². The zero-order chi connectivity index (χ0) is 63.9. The van der Waals surface area contributed by atoms with Crippen molar-refractivity contribution in [1.29, 1.82) is 0 Å². The van der Waals surface area contributed by atoms with Gasteiger partial charge in [-0.2, -0.15) is 0 Å². The molecule has 9 nitrogen and oxygen atoms in total. The van der Waals surface area contributed by atoms with Gasteiger partial charge in [0.2, 0.25) is 5.91 Å². The number of ether oxygens (including phenoxy) is 3. The second-order valence-corrected chi connectivity index (χ2v) is 26.7. The van der Waals surface area contributed by atoms with Crippen molar-refractivity contribution in [2.75, 3.05) is 60.2 Å². The predicted molar refractivity (Wildman–Crippen MR) is 375 cm³/mol. The first kappa shape index (κ1) is 88.4. The maximum Gasteiger partial charge on any atom is 0.305 e. The standard InChI is InChI=1S/C75H150N2O5.2CH2O/c1-9-15-20-24-28-30-35-45-57-71(55-43-33-26-22-17-11-3)67-80-65-51-41-39-47-59-73(60-48-40-42-52-66-81-68-72(56-44-34-27-23-18-12-4)58-46-36-31-29-25-21-16-10-2)77(64-53-63-76(7)8)74(78)61-49-37-32-38-50-62-75(79)82-69-70(14-6)54-19-13-5;2*1-2/h70-73H,9-69H2,1-8H3;2*1H2. The SMILES string of the molecule is C=O.C=O.CCCCCCCCCCC(CCCCCCCC)COCCCCCCC(CCCCCCOCC(CCCCCCCC)CCCCCCCCCC)N(CCCN(C)C)C(=O)CCCCCCCC(=O)OCC(CC)CCCC. The van der Waals surface area contributed by atoms with Gasteiger partial charge in [0, 0.05) is 51.9 Å². The number of unbranched alkanes of at least 4 members (excludes halogenated alkanes) is 35. The van der Waals surface area contributed by atoms with Gasteiger partial charge in [-0.15, -0.1) is 0 Å². The lowest BCUT2D eigenvalue weighted by Crippen LogP contribution is -2.41. The zero-order valence-electron chi connectivity index (χ0n) is 59.6. The average molecular weight is 1220 g/mol. The van der Waals surface area contributed by atoms with Gasteiger partial charge in [0.25, 0.3) is 0 Å². The number of esters is 1. The molecule has 0 saturated heterocycles. The monoisotopic (exact) mass is 1220 g/mol. The van der Waals surface area contributed by atoms with Crippen molar-refractivity contribution < 1.29 is 33.4 Å². The Kier molecular flexibility index (Phi) is 77.7. The summed E-state index contributed by atoms with van der Waals surface area (Å²) in [5.41, 5.74) is 0. The van der Waals surface area contributed by atoms with E-state index in [9.17, 15) is 9.59 Å². The average Bonchev–Trinajstić information content (AvgIpc) is 3.59. The lowest BCUT2D eigenvalue weighted by Gasteiger charge is -2.33. The predicted octanol–water partition coefficient (Wildman–Crippen LogP) is 23.0. The third-order valence-electron chi connectivity index (χ3n) is 18.3. The van der Waals surface area contributed by atoms with E-state index in [1.165, 1.54) is 257 Å². The van der Waals surface area contributed by atoms with Gasteiger partial charge in [-0.3, -0.25) is 9.59 Å². The van der Waals surface area contributed by atoms with E-state index in [1.807, 2.05) is 13.6 Å². The quantitative estimate of drug-likeness (QED) is 0.0438. The van der Waals surface area contributed by atoms with Crippen LogP contribution in [0.3, 0.4) is 0 Å². The summed E-state index contributed by atoms with van der Waals surface area (Å²) >= 11 is 0. The topological polar surface area (TPSA) is 102 Å². The van der Waals surface area contributed by atoms with E-state index >= 15 is 0 Å². The van der Waals surface area contributed by atoms with Crippen molar-refractivity contribution in [2.45, 2.75) is 394 Å². The molecule has 0 bridgehead atoms. The summed E-state index contributed by atoms with van der Waals surface area (Å²) in [5, 5.41) is 0. The number of amides is 1. The molecule has 0 aromatic rings. The van der Waals surface area contributed by atoms with Crippen LogP contribution >= 0.6 is 0 Å². The number of nitrogens with zero attached hydrogens (tertiary/aromatic N) is 2.